The van der Waals surface area contributed by atoms with Crippen LogP contribution in [0.5, 0.6) is 0 Å². The first kappa shape index (κ1) is 22.2. The molecule has 0 saturated carbocycles. The molecule has 7 nitrogen and oxygen atoms in total. The van der Waals surface area contributed by atoms with Crippen LogP contribution in [0.1, 0.15) is 26.1 Å². The van der Waals surface area contributed by atoms with Crippen molar-refractivity contribution < 1.29 is 0 Å². The molecule has 0 radical (unpaired) electrons. The molecule has 0 aliphatic rings. The summed E-state index contributed by atoms with van der Waals surface area (Å²) in [5.74, 6) is 1.66. The minimum Gasteiger partial charge on any atom is -0.372 e. The number of aryl methyl sites for hydroxylation is 1. The number of halogens is 1. The molecule has 144 valence electrons. The molecule has 0 aliphatic carbocycles. The van der Waals surface area contributed by atoms with Crippen molar-refractivity contribution in [1.29, 1.82) is 0 Å². The lowest BCUT2D eigenvalue weighted by Crippen LogP contribution is -2.39. The van der Waals surface area contributed by atoms with Gasteiger partial charge in [-0.05, 0) is 32.4 Å². The van der Waals surface area contributed by atoms with E-state index in [1.165, 1.54) is 5.69 Å². The highest BCUT2D eigenvalue weighted by Crippen LogP contribution is 2.12. The van der Waals surface area contributed by atoms with Gasteiger partial charge in [-0.2, -0.15) is 5.10 Å². The molecular formula is C18H30IN7. The highest BCUT2D eigenvalue weighted by molar-refractivity contribution is 14.0. The van der Waals surface area contributed by atoms with Crippen LogP contribution in [-0.2, 0) is 13.6 Å². The second-order valence-electron chi connectivity index (χ2n) is 5.69. The summed E-state index contributed by atoms with van der Waals surface area (Å²) in [6, 6.07) is 10.5. The first-order valence-electron chi connectivity index (χ1n) is 8.89. The number of guanidine groups is 1. The summed E-state index contributed by atoms with van der Waals surface area (Å²) in [6.45, 7) is 8.47. The third-order valence-electron chi connectivity index (χ3n) is 3.93. The van der Waals surface area contributed by atoms with Gasteiger partial charge in [-0.3, -0.25) is 4.68 Å². The Labute approximate surface area is 173 Å². The van der Waals surface area contributed by atoms with Gasteiger partial charge in [-0.1, -0.05) is 18.2 Å². The third kappa shape index (κ3) is 7.19. The summed E-state index contributed by atoms with van der Waals surface area (Å²) >= 11 is 0. The Kier molecular flexibility index (Phi) is 10.7. The number of nitrogens with zero attached hydrogens (tertiary/aromatic N) is 5. The molecule has 2 aromatic rings. The van der Waals surface area contributed by atoms with Gasteiger partial charge in [0.05, 0.1) is 0 Å². The maximum atomic E-state index is 4.57. The topological polar surface area (TPSA) is 70.4 Å². The molecule has 26 heavy (non-hydrogen) atoms. The van der Waals surface area contributed by atoms with Crippen molar-refractivity contribution in [1.82, 2.24) is 25.4 Å². The molecule has 0 bridgehead atoms. The summed E-state index contributed by atoms with van der Waals surface area (Å²) in [7, 11) is 1.88. The van der Waals surface area contributed by atoms with Crippen LogP contribution in [0.15, 0.2) is 41.7 Å². The average molecular weight is 471 g/mol. The molecule has 0 fully saturated rings. The van der Waals surface area contributed by atoms with Crippen molar-refractivity contribution in [2.75, 3.05) is 31.1 Å². The molecule has 0 saturated heterocycles. The normalized spacial score (nSPS) is 11.0. The average Bonchev–Trinajstić information content (AvgIpc) is 3.05. The fourth-order valence-electron chi connectivity index (χ4n) is 2.54. The molecule has 8 heteroatoms. The van der Waals surface area contributed by atoms with Gasteiger partial charge < -0.3 is 15.5 Å². The largest absolute Gasteiger partial charge is 0.372 e. The third-order valence-corrected chi connectivity index (χ3v) is 3.93. The minimum atomic E-state index is 0. The summed E-state index contributed by atoms with van der Waals surface area (Å²) in [4.78, 5) is 11.1. The summed E-state index contributed by atoms with van der Waals surface area (Å²) in [5, 5.41) is 10.7. The molecule has 0 aliphatic heterocycles. The maximum absolute atomic E-state index is 4.57. The highest BCUT2D eigenvalue weighted by atomic mass is 127. The quantitative estimate of drug-likeness (QED) is 0.255. The number of hydrogen-bond acceptors (Lipinski definition) is 4. The Morgan fingerprint density at radius 2 is 1.96 bits per heavy atom. The first-order chi connectivity index (χ1) is 12.2. The van der Waals surface area contributed by atoms with Crippen molar-refractivity contribution >= 4 is 35.6 Å². The summed E-state index contributed by atoms with van der Waals surface area (Å²) < 4.78 is 1.74. The summed E-state index contributed by atoms with van der Waals surface area (Å²) in [6.07, 6.45) is 2.59. The Hall–Kier alpha value is -1.84. The maximum Gasteiger partial charge on any atom is 0.191 e. The second kappa shape index (κ2) is 12.5. The molecule has 1 heterocycles. The molecular weight excluding hydrogens is 441 g/mol. The van der Waals surface area contributed by atoms with E-state index >= 15 is 0 Å². The Balaban J connectivity index is 0.00000338. The number of rotatable bonds is 9. The number of nitrogens with one attached hydrogen (secondary N) is 2. The molecule has 2 N–H and O–H groups in total. The van der Waals surface area contributed by atoms with Gasteiger partial charge in [0.1, 0.15) is 18.7 Å². The van der Waals surface area contributed by atoms with Crippen molar-refractivity contribution in [2.45, 2.75) is 26.8 Å². The van der Waals surface area contributed by atoms with Crippen molar-refractivity contribution in [3.8, 4) is 0 Å². The van der Waals surface area contributed by atoms with Crippen molar-refractivity contribution in [2.24, 2.45) is 12.0 Å². The lowest BCUT2D eigenvalue weighted by atomic mass is 10.2. The standard InChI is InChI=1S/C18H29N7.HI/c1-4-19-18(21-14-17-22-15-23-24(17)3)20-12-9-13-25(5-2)16-10-7-6-8-11-16;/h6-8,10-11,15H,4-5,9,12-14H2,1-3H3,(H2,19,20,21);1H. The Morgan fingerprint density at radius 1 is 1.19 bits per heavy atom. The van der Waals surface area contributed by atoms with Gasteiger partial charge >= 0.3 is 0 Å². The van der Waals surface area contributed by atoms with E-state index < -0.39 is 0 Å². The lowest BCUT2D eigenvalue weighted by molar-refractivity contribution is 0.689. The van der Waals surface area contributed by atoms with Crippen LogP contribution in [0, 0.1) is 0 Å². The van der Waals surface area contributed by atoms with Crippen molar-refractivity contribution in [3.63, 3.8) is 0 Å². The van der Waals surface area contributed by atoms with Crippen LogP contribution < -0.4 is 15.5 Å². The van der Waals surface area contributed by atoms with Crippen LogP contribution >= 0.6 is 24.0 Å². The number of anilines is 1. The Bertz CT molecular complexity index is 642. The van der Waals surface area contributed by atoms with E-state index in [-0.39, 0.29) is 24.0 Å². The predicted octanol–water partition coefficient (Wildman–Crippen LogP) is 2.40. The zero-order chi connectivity index (χ0) is 17.9. The fraction of sp³-hybridized carbons (Fsp3) is 0.500. The molecule has 0 atom stereocenters. The smallest absolute Gasteiger partial charge is 0.191 e. The number of aromatic nitrogens is 3. The van der Waals surface area contributed by atoms with Gasteiger partial charge in [0.15, 0.2) is 5.96 Å². The van der Waals surface area contributed by atoms with Gasteiger partial charge in [-0.25, -0.2) is 9.98 Å². The van der Waals surface area contributed by atoms with Crippen LogP contribution in [0.3, 0.4) is 0 Å². The Morgan fingerprint density at radius 3 is 2.58 bits per heavy atom. The number of hydrogen-bond donors (Lipinski definition) is 2. The van der Waals surface area contributed by atoms with E-state index in [0.29, 0.717) is 6.54 Å². The van der Waals surface area contributed by atoms with Crippen LogP contribution in [0.2, 0.25) is 0 Å². The highest BCUT2D eigenvalue weighted by Gasteiger charge is 2.04. The van der Waals surface area contributed by atoms with Gasteiger partial charge in [0, 0.05) is 38.9 Å². The van der Waals surface area contributed by atoms with Crippen LogP contribution in [-0.4, -0.2) is 46.9 Å². The van der Waals surface area contributed by atoms with Gasteiger partial charge in [0.25, 0.3) is 0 Å². The second-order valence-corrected chi connectivity index (χ2v) is 5.69. The lowest BCUT2D eigenvalue weighted by Gasteiger charge is -2.23. The number of aliphatic imine (C=N–C) groups is 1. The number of para-hydroxylation sites is 1. The van der Waals surface area contributed by atoms with Gasteiger partial charge in [0.2, 0.25) is 0 Å². The van der Waals surface area contributed by atoms with E-state index in [1.807, 2.05) is 7.05 Å². The fourth-order valence-corrected chi connectivity index (χ4v) is 2.54. The minimum absolute atomic E-state index is 0. The van der Waals surface area contributed by atoms with E-state index in [0.717, 1.165) is 44.4 Å². The van der Waals surface area contributed by atoms with E-state index in [1.54, 1.807) is 11.0 Å². The predicted molar refractivity (Wildman–Crippen MR) is 118 cm³/mol. The van der Waals surface area contributed by atoms with Crippen molar-refractivity contribution in [3.05, 3.63) is 42.5 Å². The molecule has 0 spiro atoms. The molecule has 1 aromatic carbocycles. The van der Waals surface area contributed by atoms with Gasteiger partial charge in [-0.15, -0.1) is 24.0 Å². The van der Waals surface area contributed by atoms with E-state index in [4.69, 9.17) is 0 Å². The molecule has 0 amide bonds. The first-order valence-corrected chi connectivity index (χ1v) is 8.89. The zero-order valence-corrected chi connectivity index (χ0v) is 18.2. The zero-order valence-electron chi connectivity index (χ0n) is 15.9. The molecule has 0 unspecified atom stereocenters. The van der Waals surface area contributed by atoms with E-state index in [9.17, 15) is 0 Å². The molecule has 2 rings (SSSR count). The van der Waals surface area contributed by atoms with Crippen LogP contribution in [0.4, 0.5) is 5.69 Å². The SMILES string of the molecule is CCNC(=NCc1ncnn1C)NCCCN(CC)c1ccccc1.I. The number of benzene rings is 1. The monoisotopic (exact) mass is 471 g/mol. The van der Waals surface area contributed by atoms with Crippen LogP contribution in [0.25, 0.3) is 0 Å². The van der Waals surface area contributed by atoms with E-state index in [2.05, 4.69) is 74.8 Å². The molecule has 1 aromatic heterocycles. The summed E-state index contributed by atoms with van der Waals surface area (Å²) in [5.41, 5.74) is 1.27.